The standard InChI is InChI=1S/C26H28N2O2/c1-25(2,3)17-11-7-15(8-12-17)21-19-20(24(30)27-21)22(28-23(19)29)16-9-13-18(14-10-16)26(4,5)6/h7-14H,1-6H3,(H,27,30)(H,28,29). The molecule has 0 radical (unpaired) electrons. The predicted molar refractivity (Wildman–Crippen MR) is 120 cm³/mol. The lowest BCUT2D eigenvalue weighted by Gasteiger charge is -2.19. The average Bonchev–Trinajstić information content (AvgIpc) is 3.19. The van der Waals surface area contributed by atoms with Crippen molar-refractivity contribution >= 4 is 23.2 Å². The molecule has 0 atom stereocenters. The summed E-state index contributed by atoms with van der Waals surface area (Å²) in [6.07, 6.45) is 0. The van der Waals surface area contributed by atoms with Crippen LogP contribution in [-0.4, -0.2) is 11.8 Å². The zero-order valence-corrected chi connectivity index (χ0v) is 18.4. The highest BCUT2D eigenvalue weighted by atomic mass is 16.2. The molecule has 2 N–H and O–H groups in total. The van der Waals surface area contributed by atoms with Gasteiger partial charge in [-0.05, 0) is 33.1 Å². The van der Waals surface area contributed by atoms with E-state index in [0.29, 0.717) is 22.5 Å². The van der Waals surface area contributed by atoms with Crippen molar-refractivity contribution in [2.45, 2.75) is 52.4 Å². The molecule has 2 aromatic carbocycles. The van der Waals surface area contributed by atoms with Gasteiger partial charge in [0.1, 0.15) is 0 Å². The topological polar surface area (TPSA) is 58.2 Å². The van der Waals surface area contributed by atoms with Crippen LogP contribution in [0.25, 0.3) is 11.4 Å². The maximum absolute atomic E-state index is 12.8. The van der Waals surface area contributed by atoms with Crippen LogP contribution in [-0.2, 0) is 20.4 Å². The van der Waals surface area contributed by atoms with E-state index in [2.05, 4.69) is 76.4 Å². The Morgan fingerprint density at radius 1 is 0.533 bits per heavy atom. The van der Waals surface area contributed by atoms with Gasteiger partial charge in [0.2, 0.25) is 0 Å². The van der Waals surface area contributed by atoms with Crippen molar-refractivity contribution in [3.63, 3.8) is 0 Å². The molecule has 2 aromatic rings. The van der Waals surface area contributed by atoms with Gasteiger partial charge in [-0.25, -0.2) is 0 Å². The Labute approximate surface area is 178 Å². The smallest absolute Gasteiger partial charge is 0.258 e. The molecule has 30 heavy (non-hydrogen) atoms. The van der Waals surface area contributed by atoms with Crippen LogP contribution in [0.2, 0.25) is 0 Å². The molecule has 0 fully saturated rings. The van der Waals surface area contributed by atoms with E-state index in [4.69, 9.17) is 0 Å². The molecule has 0 saturated heterocycles. The first kappa shape index (κ1) is 20.1. The molecule has 2 amide bonds. The van der Waals surface area contributed by atoms with E-state index in [-0.39, 0.29) is 22.6 Å². The van der Waals surface area contributed by atoms with E-state index in [1.165, 1.54) is 11.1 Å². The molecule has 0 aromatic heterocycles. The average molecular weight is 401 g/mol. The van der Waals surface area contributed by atoms with Gasteiger partial charge in [-0.2, -0.15) is 0 Å². The molecule has 4 nitrogen and oxygen atoms in total. The summed E-state index contributed by atoms with van der Waals surface area (Å²) in [5.41, 5.74) is 6.16. The minimum absolute atomic E-state index is 0.0391. The Kier molecular flexibility index (Phi) is 4.50. The molecule has 0 saturated carbocycles. The summed E-state index contributed by atoms with van der Waals surface area (Å²) in [4.78, 5) is 25.6. The number of carbonyl (C=O) groups excluding carboxylic acids is 2. The van der Waals surface area contributed by atoms with Gasteiger partial charge in [-0.3, -0.25) is 9.59 Å². The van der Waals surface area contributed by atoms with Gasteiger partial charge in [-0.1, -0.05) is 90.1 Å². The fourth-order valence-corrected chi connectivity index (χ4v) is 3.89. The van der Waals surface area contributed by atoms with Gasteiger partial charge in [0.05, 0.1) is 22.5 Å². The van der Waals surface area contributed by atoms with E-state index in [1.807, 2.05) is 24.3 Å². The van der Waals surface area contributed by atoms with Crippen LogP contribution >= 0.6 is 0 Å². The SMILES string of the molecule is CC(C)(C)c1ccc(C2=C3C(=O)NC(c4ccc(C(C)(C)C)cc4)=C3C(=O)N2)cc1. The minimum atomic E-state index is -0.242. The highest BCUT2D eigenvalue weighted by Gasteiger charge is 2.40. The molecule has 0 bridgehead atoms. The second kappa shape index (κ2) is 6.69. The number of hydrogen-bond donors (Lipinski definition) is 2. The first-order valence-electron chi connectivity index (χ1n) is 10.3. The molecule has 2 aliphatic heterocycles. The van der Waals surface area contributed by atoms with Crippen LogP contribution in [0.5, 0.6) is 0 Å². The second-order valence-electron chi connectivity index (χ2n) is 10.1. The van der Waals surface area contributed by atoms with Crippen LogP contribution in [0.15, 0.2) is 59.7 Å². The molecule has 0 unspecified atom stereocenters. The first-order chi connectivity index (χ1) is 14.0. The summed E-state index contributed by atoms with van der Waals surface area (Å²) >= 11 is 0. The lowest BCUT2D eigenvalue weighted by molar-refractivity contribution is -0.117. The Bertz CT molecular complexity index is 1010. The Hall–Kier alpha value is -3.14. The van der Waals surface area contributed by atoms with Gasteiger partial charge in [-0.15, -0.1) is 0 Å². The minimum Gasteiger partial charge on any atom is -0.321 e. The van der Waals surface area contributed by atoms with E-state index < -0.39 is 0 Å². The van der Waals surface area contributed by atoms with Crippen molar-refractivity contribution < 1.29 is 9.59 Å². The molecule has 0 aliphatic carbocycles. The molecule has 4 heteroatoms. The summed E-state index contributed by atoms with van der Waals surface area (Å²) < 4.78 is 0. The largest absolute Gasteiger partial charge is 0.321 e. The van der Waals surface area contributed by atoms with E-state index in [1.54, 1.807) is 0 Å². The molecule has 2 aliphatic rings. The van der Waals surface area contributed by atoms with Crippen LogP contribution in [0.3, 0.4) is 0 Å². The fraction of sp³-hybridized carbons (Fsp3) is 0.308. The van der Waals surface area contributed by atoms with Crippen molar-refractivity contribution in [2.24, 2.45) is 0 Å². The van der Waals surface area contributed by atoms with Crippen LogP contribution < -0.4 is 10.6 Å². The summed E-state index contributed by atoms with van der Waals surface area (Å²) in [5.74, 6) is -0.485. The maximum Gasteiger partial charge on any atom is 0.258 e. The Balaban J connectivity index is 1.77. The van der Waals surface area contributed by atoms with Crippen molar-refractivity contribution in [3.05, 3.63) is 81.9 Å². The van der Waals surface area contributed by atoms with Crippen LogP contribution in [0, 0.1) is 0 Å². The highest BCUT2D eigenvalue weighted by Crippen LogP contribution is 2.38. The number of hydrogen-bond acceptors (Lipinski definition) is 2. The summed E-state index contributed by atoms with van der Waals surface area (Å²) in [6, 6.07) is 16.1. The Morgan fingerprint density at radius 2 is 0.833 bits per heavy atom. The van der Waals surface area contributed by atoms with Gasteiger partial charge in [0.15, 0.2) is 0 Å². The third-order valence-corrected chi connectivity index (χ3v) is 5.76. The molecular formula is C26H28N2O2. The van der Waals surface area contributed by atoms with Gasteiger partial charge >= 0.3 is 0 Å². The predicted octanol–water partition coefficient (Wildman–Crippen LogP) is 4.66. The van der Waals surface area contributed by atoms with E-state index in [0.717, 1.165) is 11.1 Å². The van der Waals surface area contributed by atoms with Gasteiger partial charge in [0, 0.05) is 0 Å². The number of rotatable bonds is 2. The molecule has 154 valence electrons. The number of carbonyl (C=O) groups is 2. The lowest BCUT2D eigenvalue weighted by Crippen LogP contribution is -2.21. The van der Waals surface area contributed by atoms with Crippen molar-refractivity contribution in [1.29, 1.82) is 0 Å². The van der Waals surface area contributed by atoms with Gasteiger partial charge < -0.3 is 10.6 Å². The quantitative estimate of drug-likeness (QED) is 0.770. The normalized spacial score (nSPS) is 16.7. The zero-order chi connectivity index (χ0) is 21.8. The zero-order valence-electron chi connectivity index (χ0n) is 18.4. The summed E-state index contributed by atoms with van der Waals surface area (Å²) in [5, 5.41) is 5.84. The number of benzene rings is 2. The number of nitrogens with one attached hydrogen (secondary N) is 2. The molecule has 2 heterocycles. The third-order valence-electron chi connectivity index (χ3n) is 5.76. The second-order valence-corrected chi connectivity index (χ2v) is 10.1. The molecular weight excluding hydrogens is 372 g/mol. The number of fused-ring (bicyclic) bond motifs is 1. The summed E-state index contributed by atoms with van der Waals surface area (Å²) in [6.45, 7) is 12.9. The summed E-state index contributed by atoms with van der Waals surface area (Å²) in [7, 11) is 0. The maximum atomic E-state index is 12.8. The fourth-order valence-electron chi connectivity index (χ4n) is 3.89. The molecule has 0 spiro atoms. The Morgan fingerprint density at radius 3 is 1.10 bits per heavy atom. The van der Waals surface area contributed by atoms with Crippen molar-refractivity contribution in [1.82, 2.24) is 10.6 Å². The first-order valence-corrected chi connectivity index (χ1v) is 10.3. The monoisotopic (exact) mass is 400 g/mol. The highest BCUT2D eigenvalue weighted by molar-refractivity contribution is 6.30. The lowest BCUT2D eigenvalue weighted by atomic mass is 9.86. The molecule has 4 rings (SSSR count). The number of amides is 2. The van der Waals surface area contributed by atoms with E-state index >= 15 is 0 Å². The van der Waals surface area contributed by atoms with E-state index in [9.17, 15) is 9.59 Å². The third kappa shape index (κ3) is 3.36. The van der Waals surface area contributed by atoms with Gasteiger partial charge in [0.25, 0.3) is 11.8 Å². The van der Waals surface area contributed by atoms with Crippen molar-refractivity contribution in [2.75, 3.05) is 0 Å². The van der Waals surface area contributed by atoms with Crippen LogP contribution in [0.4, 0.5) is 0 Å². The van der Waals surface area contributed by atoms with Crippen molar-refractivity contribution in [3.8, 4) is 0 Å². The van der Waals surface area contributed by atoms with Crippen LogP contribution in [0.1, 0.15) is 63.8 Å².